The van der Waals surface area contributed by atoms with E-state index in [4.69, 9.17) is 9.57 Å². The van der Waals surface area contributed by atoms with Crippen molar-refractivity contribution in [2.75, 3.05) is 0 Å². The SMILES string of the molecule is CC[C@@H]1C(=O)N2OCc3ccccc3[C@]23C=C[C@H]1O3. The number of carbonyl (C=O) groups excluding carboxylic acids is 1. The molecule has 3 atom stereocenters. The molecule has 98 valence electrons. The van der Waals surface area contributed by atoms with E-state index in [0.29, 0.717) is 6.61 Å². The molecule has 1 aromatic carbocycles. The fraction of sp³-hybridized carbons (Fsp3) is 0.400. The smallest absolute Gasteiger partial charge is 0.255 e. The van der Waals surface area contributed by atoms with Crippen LogP contribution in [-0.4, -0.2) is 17.1 Å². The molecule has 1 fully saturated rings. The number of nitrogens with zero attached hydrogens (tertiary/aromatic N) is 1. The van der Waals surface area contributed by atoms with Gasteiger partial charge in [-0.1, -0.05) is 37.3 Å². The van der Waals surface area contributed by atoms with E-state index in [1.165, 1.54) is 5.06 Å². The third kappa shape index (κ3) is 1.28. The third-order valence-electron chi connectivity index (χ3n) is 4.24. The van der Waals surface area contributed by atoms with Crippen LogP contribution in [0, 0.1) is 5.92 Å². The van der Waals surface area contributed by atoms with Crippen molar-refractivity contribution in [1.82, 2.24) is 5.06 Å². The lowest BCUT2D eigenvalue weighted by Gasteiger charge is -2.48. The standard InChI is InChI=1S/C15H15NO3/c1-2-11-13-7-8-15(19-13)12-6-4-3-5-10(12)9-18-16(15)14(11)17/h3-8,11,13H,2,9H2,1H3/t11-,13+,15+/m0/s1. The summed E-state index contributed by atoms with van der Waals surface area (Å²) in [6.45, 7) is 2.42. The molecule has 4 heteroatoms. The Morgan fingerprint density at radius 3 is 3.11 bits per heavy atom. The number of ether oxygens (including phenoxy) is 1. The Balaban J connectivity index is 1.88. The maximum Gasteiger partial charge on any atom is 0.255 e. The molecule has 2 bridgehead atoms. The summed E-state index contributed by atoms with van der Waals surface area (Å²) < 4.78 is 6.16. The van der Waals surface area contributed by atoms with E-state index in [9.17, 15) is 4.79 Å². The molecular formula is C15H15NO3. The van der Waals surface area contributed by atoms with E-state index in [1.54, 1.807) is 0 Å². The summed E-state index contributed by atoms with van der Waals surface area (Å²) in [4.78, 5) is 18.2. The lowest BCUT2D eigenvalue weighted by Crippen LogP contribution is -2.59. The number of benzene rings is 1. The topological polar surface area (TPSA) is 38.8 Å². The molecule has 1 amide bonds. The molecule has 4 rings (SSSR count). The van der Waals surface area contributed by atoms with E-state index < -0.39 is 5.72 Å². The average molecular weight is 257 g/mol. The number of rotatable bonds is 1. The van der Waals surface area contributed by atoms with Gasteiger partial charge in [-0.05, 0) is 18.1 Å². The summed E-state index contributed by atoms with van der Waals surface area (Å²) in [6.07, 6.45) is 4.58. The number of fused-ring (bicyclic) bond motifs is 2. The highest BCUT2D eigenvalue weighted by molar-refractivity contribution is 5.82. The largest absolute Gasteiger partial charge is 0.338 e. The van der Waals surface area contributed by atoms with Crippen LogP contribution in [0.3, 0.4) is 0 Å². The maximum absolute atomic E-state index is 12.5. The number of hydrogen-bond acceptors (Lipinski definition) is 3. The monoisotopic (exact) mass is 257 g/mol. The van der Waals surface area contributed by atoms with E-state index >= 15 is 0 Å². The molecule has 1 spiro atoms. The lowest BCUT2D eigenvalue weighted by molar-refractivity contribution is -0.320. The third-order valence-corrected chi connectivity index (χ3v) is 4.24. The molecule has 3 aliphatic heterocycles. The van der Waals surface area contributed by atoms with Gasteiger partial charge in [0, 0.05) is 5.56 Å². The molecule has 3 aliphatic rings. The summed E-state index contributed by atoms with van der Waals surface area (Å²) in [5.41, 5.74) is 1.25. The van der Waals surface area contributed by atoms with Crippen molar-refractivity contribution in [3.63, 3.8) is 0 Å². The summed E-state index contributed by atoms with van der Waals surface area (Å²) in [5, 5.41) is 1.43. The van der Waals surface area contributed by atoms with Crippen molar-refractivity contribution >= 4 is 5.91 Å². The highest BCUT2D eigenvalue weighted by Crippen LogP contribution is 2.48. The number of carbonyl (C=O) groups is 1. The van der Waals surface area contributed by atoms with Gasteiger partial charge in [0.25, 0.3) is 5.91 Å². The molecule has 0 unspecified atom stereocenters. The Morgan fingerprint density at radius 2 is 2.26 bits per heavy atom. The first kappa shape index (κ1) is 11.2. The van der Waals surface area contributed by atoms with Crippen LogP contribution >= 0.6 is 0 Å². The van der Waals surface area contributed by atoms with E-state index in [-0.39, 0.29) is 17.9 Å². The first-order valence-corrected chi connectivity index (χ1v) is 6.69. The van der Waals surface area contributed by atoms with Gasteiger partial charge in [-0.2, -0.15) is 5.06 Å². The molecular weight excluding hydrogens is 242 g/mol. The predicted octanol–water partition coefficient (Wildman–Crippen LogP) is 2.11. The van der Waals surface area contributed by atoms with Crippen molar-refractivity contribution in [2.45, 2.75) is 31.8 Å². The Morgan fingerprint density at radius 1 is 1.42 bits per heavy atom. The molecule has 1 aromatic rings. The van der Waals surface area contributed by atoms with Gasteiger partial charge in [-0.3, -0.25) is 9.63 Å². The van der Waals surface area contributed by atoms with Crippen molar-refractivity contribution in [3.05, 3.63) is 47.5 Å². The Bertz CT molecular complexity index is 583. The van der Waals surface area contributed by atoms with Gasteiger partial charge >= 0.3 is 0 Å². The first-order valence-electron chi connectivity index (χ1n) is 6.69. The minimum absolute atomic E-state index is 0.0262. The van der Waals surface area contributed by atoms with Crippen LogP contribution in [0.25, 0.3) is 0 Å². The quantitative estimate of drug-likeness (QED) is 0.723. The second kappa shape index (κ2) is 3.68. The molecule has 0 aliphatic carbocycles. The fourth-order valence-electron chi connectivity index (χ4n) is 3.26. The molecule has 0 radical (unpaired) electrons. The summed E-state index contributed by atoms with van der Waals surface area (Å²) >= 11 is 0. The van der Waals surface area contributed by atoms with E-state index in [2.05, 4.69) is 0 Å². The second-order valence-electron chi connectivity index (χ2n) is 5.22. The minimum atomic E-state index is -0.845. The minimum Gasteiger partial charge on any atom is -0.338 e. The number of amides is 1. The molecule has 0 N–H and O–H groups in total. The average Bonchev–Trinajstić information content (AvgIpc) is 2.81. The predicted molar refractivity (Wildman–Crippen MR) is 67.5 cm³/mol. The van der Waals surface area contributed by atoms with Crippen LogP contribution < -0.4 is 0 Å². The second-order valence-corrected chi connectivity index (χ2v) is 5.22. The van der Waals surface area contributed by atoms with E-state index in [1.807, 2.05) is 43.3 Å². The van der Waals surface area contributed by atoms with Gasteiger partial charge in [0.05, 0.1) is 12.0 Å². The maximum atomic E-state index is 12.5. The van der Waals surface area contributed by atoms with Gasteiger partial charge in [0.1, 0.15) is 6.61 Å². The van der Waals surface area contributed by atoms with Crippen LogP contribution in [0.5, 0.6) is 0 Å². The Kier molecular flexibility index (Phi) is 2.17. The fourth-order valence-corrected chi connectivity index (χ4v) is 3.26. The van der Waals surface area contributed by atoms with Crippen LogP contribution in [0.1, 0.15) is 24.5 Å². The summed E-state index contributed by atoms with van der Waals surface area (Å²) in [6, 6.07) is 7.97. The zero-order valence-electron chi connectivity index (χ0n) is 10.7. The summed E-state index contributed by atoms with van der Waals surface area (Å²) in [5.74, 6) is -0.115. The van der Waals surface area contributed by atoms with Crippen molar-refractivity contribution in [2.24, 2.45) is 5.92 Å². The number of hydroxylamine groups is 2. The van der Waals surface area contributed by atoms with Gasteiger partial charge in [0.2, 0.25) is 5.72 Å². The molecule has 4 nitrogen and oxygen atoms in total. The normalized spacial score (nSPS) is 35.2. The highest BCUT2D eigenvalue weighted by atomic mass is 16.7. The zero-order chi connectivity index (χ0) is 13.0. The van der Waals surface area contributed by atoms with Gasteiger partial charge in [0.15, 0.2) is 0 Å². The Labute approximate surface area is 111 Å². The molecule has 0 saturated carbocycles. The molecule has 1 saturated heterocycles. The van der Waals surface area contributed by atoms with Crippen LogP contribution in [0.2, 0.25) is 0 Å². The van der Waals surface area contributed by atoms with Crippen molar-refractivity contribution in [3.8, 4) is 0 Å². The first-order chi connectivity index (χ1) is 9.26. The van der Waals surface area contributed by atoms with Crippen LogP contribution in [0.4, 0.5) is 0 Å². The Hall–Kier alpha value is -1.65. The number of hydrogen-bond donors (Lipinski definition) is 0. The van der Waals surface area contributed by atoms with Gasteiger partial charge in [-0.25, -0.2) is 0 Å². The molecule has 0 aromatic heterocycles. The highest BCUT2D eigenvalue weighted by Gasteiger charge is 2.57. The van der Waals surface area contributed by atoms with Crippen molar-refractivity contribution < 1.29 is 14.4 Å². The lowest BCUT2D eigenvalue weighted by atomic mass is 9.93. The molecule has 3 heterocycles. The zero-order valence-corrected chi connectivity index (χ0v) is 10.7. The van der Waals surface area contributed by atoms with Crippen LogP contribution in [0.15, 0.2) is 36.4 Å². The van der Waals surface area contributed by atoms with Crippen molar-refractivity contribution in [1.29, 1.82) is 0 Å². The molecule has 19 heavy (non-hydrogen) atoms. The van der Waals surface area contributed by atoms with Gasteiger partial charge in [-0.15, -0.1) is 0 Å². The van der Waals surface area contributed by atoms with Gasteiger partial charge < -0.3 is 4.74 Å². The van der Waals surface area contributed by atoms with E-state index in [0.717, 1.165) is 17.5 Å². The summed E-state index contributed by atoms with van der Waals surface area (Å²) in [7, 11) is 0. The van der Waals surface area contributed by atoms with Crippen LogP contribution in [-0.2, 0) is 26.7 Å².